The Kier molecular flexibility index (Phi) is 13.2. The second-order valence-corrected chi connectivity index (χ2v) is 18.7. The van der Waals surface area contributed by atoms with Crippen molar-refractivity contribution in [1.82, 2.24) is 34.9 Å². The van der Waals surface area contributed by atoms with Gasteiger partial charge in [-0.05, 0) is 62.1 Å². The smallest absolute Gasteiger partial charge is 0.453 e. The summed E-state index contributed by atoms with van der Waals surface area (Å²) in [7, 11) is 1.24. The summed E-state index contributed by atoms with van der Waals surface area (Å²) in [6, 6.07) is 8.43. The molecule has 2 aromatic carbocycles. The lowest BCUT2D eigenvalue weighted by Gasteiger charge is -2.42. The highest BCUT2D eigenvalue weighted by molar-refractivity contribution is 6.52. The number of piperazine rings is 1. The largest absolute Gasteiger partial charge is 0.573 e. The molecule has 0 spiro atoms. The molecule has 0 bridgehead atoms. The van der Waals surface area contributed by atoms with E-state index in [2.05, 4.69) is 30.2 Å². The fourth-order valence-electron chi connectivity index (χ4n) is 8.62. The molecular weight excluding hydrogens is 876 g/mol. The third-order valence-corrected chi connectivity index (χ3v) is 13.6. The number of alkyl halides is 5. The summed E-state index contributed by atoms with van der Waals surface area (Å²) in [6.45, 7) is 9.17. The minimum atomic E-state index is -5.04. The summed E-state index contributed by atoms with van der Waals surface area (Å²) in [5.41, 5.74) is 0.496. The van der Waals surface area contributed by atoms with E-state index in [1.807, 2.05) is 11.8 Å². The first-order chi connectivity index (χ1) is 29.3. The van der Waals surface area contributed by atoms with Gasteiger partial charge in [0.05, 0.1) is 41.7 Å². The molecule has 3 aromatic rings. The summed E-state index contributed by atoms with van der Waals surface area (Å²) in [5.74, 6) is -0.430. The molecule has 5 amide bonds. The quantitative estimate of drug-likeness (QED) is 0.173. The lowest BCUT2D eigenvalue weighted by molar-refractivity contribution is -0.274. The topological polar surface area (TPSA) is 152 Å². The van der Waals surface area contributed by atoms with Crippen LogP contribution in [0, 0.1) is 11.8 Å². The lowest BCUT2D eigenvalue weighted by atomic mass is 9.96. The summed E-state index contributed by atoms with van der Waals surface area (Å²) >= 11 is 18.8. The van der Waals surface area contributed by atoms with Gasteiger partial charge in [0, 0.05) is 63.5 Å². The molecule has 1 aromatic heterocycles. The second-order valence-electron chi connectivity index (χ2n) is 16.8. The number of aromatic amines is 1. The van der Waals surface area contributed by atoms with Gasteiger partial charge in [0.25, 0.3) is 0 Å². The SMILES string of the molecule is CC[C@](C)(NC(=O)OC)C(=O)N1CC(C)C[C@H]1c1ncc(-c2ccc(-c3cc(Cl)c(NC(=O)N4CCN(C5CCN(C(=O)C6CC6(Cl)Cl)CC5)CC4)cc3OC(F)(F)F)cc2)[nH]1. The van der Waals surface area contributed by atoms with Crippen LogP contribution in [0.4, 0.5) is 28.4 Å². The van der Waals surface area contributed by atoms with Gasteiger partial charge < -0.3 is 39.8 Å². The van der Waals surface area contributed by atoms with Gasteiger partial charge in [-0.3, -0.25) is 14.5 Å². The molecule has 7 rings (SSSR count). The number of piperidine rings is 1. The fraction of sp³-hybridized carbons (Fsp3) is 0.548. The minimum absolute atomic E-state index is 0.00402. The predicted octanol–water partition coefficient (Wildman–Crippen LogP) is 8.06. The van der Waals surface area contributed by atoms with E-state index in [1.165, 1.54) is 13.2 Å². The molecule has 20 heteroatoms. The van der Waals surface area contributed by atoms with Gasteiger partial charge in [0.15, 0.2) is 0 Å². The number of H-pyrrole nitrogens is 1. The number of carbonyl (C=O) groups excluding carboxylic acids is 4. The van der Waals surface area contributed by atoms with Gasteiger partial charge in [-0.1, -0.05) is 49.7 Å². The van der Waals surface area contributed by atoms with Crippen molar-refractivity contribution in [3.63, 3.8) is 0 Å². The van der Waals surface area contributed by atoms with E-state index in [4.69, 9.17) is 39.5 Å². The maximum atomic E-state index is 13.8. The molecule has 2 unspecified atom stereocenters. The maximum Gasteiger partial charge on any atom is 0.573 e. The van der Waals surface area contributed by atoms with Crippen LogP contribution in [0.2, 0.25) is 5.02 Å². The number of anilines is 1. The number of methoxy groups -OCH3 is 1. The Labute approximate surface area is 372 Å². The van der Waals surface area contributed by atoms with Crippen molar-refractivity contribution in [3.05, 3.63) is 53.4 Å². The zero-order valence-corrected chi connectivity index (χ0v) is 37.1. The van der Waals surface area contributed by atoms with E-state index in [1.54, 1.807) is 54.1 Å². The average Bonchev–Trinajstić information content (AvgIpc) is 3.52. The summed E-state index contributed by atoms with van der Waals surface area (Å²) in [4.78, 5) is 67.3. The standard InChI is InChI=1S/C42H50Cl3F3N8O6/c1-5-40(3,52-39(60)61-4)37(58)56-23-24(2)18-33(56)35-49-22-32(50-35)26-8-6-25(7-9-26)28-19-30(43)31(20-34(28)62-42(46,47)48)51-38(59)55-16-14-53(15-17-55)27-10-12-54(13-11-27)36(57)29-21-41(29,44)45/h6-9,19-20,22,24,27,29,33H,5,10-18,21,23H2,1-4H3,(H,49,50)(H,51,59)(H,52,60)/t24?,29?,33-,40-/m0/s1. The molecule has 4 atom stereocenters. The number of imidazole rings is 1. The second kappa shape index (κ2) is 18.0. The third kappa shape index (κ3) is 10.0. The molecule has 3 aliphatic heterocycles. The van der Waals surface area contributed by atoms with E-state index < -0.39 is 34.1 Å². The minimum Gasteiger partial charge on any atom is -0.453 e. The molecule has 336 valence electrons. The van der Waals surface area contributed by atoms with Gasteiger partial charge in [-0.25, -0.2) is 14.6 Å². The molecule has 0 radical (unpaired) electrons. The van der Waals surface area contributed by atoms with Gasteiger partial charge in [-0.15, -0.1) is 36.4 Å². The van der Waals surface area contributed by atoms with Crippen LogP contribution in [-0.4, -0.2) is 129 Å². The van der Waals surface area contributed by atoms with Crippen molar-refractivity contribution < 1.29 is 41.8 Å². The van der Waals surface area contributed by atoms with Crippen molar-refractivity contribution >= 4 is 64.4 Å². The summed E-state index contributed by atoms with van der Waals surface area (Å²) in [5, 5.41) is 5.36. The molecule has 3 N–H and O–H groups in total. The number of alkyl carbamates (subject to hydrolysis) is 1. The van der Waals surface area contributed by atoms with Crippen LogP contribution in [0.3, 0.4) is 0 Å². The maximum absolute atomic E-state index is 13.8. The van der Waals surface area contributed by atoms with Gasteiger partial charge in [0.1, 0.15) is 21.4 Å². The highest BCUT2D eigenvalue weighted by Crippen LogP contribution is 2.54. The molecule has 62 heavy (non-hydrogen) atoms. The van der Waals surface area contributed by atoms with E-state index in [0.717, 1.165) is 18.9 Å². The van der Waals surface area contributed by atoms with E-state index in [9.17, 15) is 32.3 Å². The van der Waals surface area contributed by atoms with Crippen molar-refractivity contribution in [2.45, 2.75) is 81.2 Å². The first-order valence-electron chi connectivity index (χ1n) is 20.7. The normalized spacial score (nSPS) is 22.8. The van der Waals surface area contributed by atoms with Crippen LogP contribution in [0.15, 0.2) is 42.6 Å². The number of nitrogens with zero attached hydrogens (tertiary/aromatic N) is 5. The highest BCUT2D eigenvalue weighted by Gasteiger charge is 2.57. The zero-order chi connectivity index (χ0) is 44.7. The zero-order valence-electron chi connectivity index (χ0n) is 34.8. The van der Waals surface area contributed by atoms with Crippen molar-refractivity contribution in [3.8, 4) is 28.1 Å². The Bertz CT molecular complexity index is 2160. The van der Waals surface area contributed by atoms with Crippen LogP contribution in [0.5, 0.6) is 5.75 Å². The number of likely N-dealkylation sites (tertiary alicyclic amines) is 2. The fourth-order valence-corrected chi connectivity index (χ4v) is 9.33. The molecular formula is C42H50Cl3F3N8O6. The average molecular weight is 926 g/mol. The number of urea groups is 1. The lowest BCUT2D eigenvalue weighted by Crippen LogP contribution is -2.57. The number of hydrogen-bond donors (Lipinski definition) is 3. The monoisotopic (exact) mass is 924 g/mol. The van der Waals surface area contributed by atoms with Crippen LogP contribution in [0.1, 0.15) is 64.7 Å². The first-order valence-corrected chi connectivity index (χ1v) is 21.8. The number of benzene rings is 2. The molecule has 4 fully saturated rings. The van der Waals surface area contributed by atoms with Crippen LogP contribution in [0.25, 0.3) is 22.4 Å². The van der Waals surface area contributed by atoms with Crippen LogP contribution in [-0.2, 0) is 14.3 Å². The number of rotatable bonds is 10. The van der Waals surface area contributed by atoms with Gasteiger partial charge in [-0.2, -0.15) is 0 Å². The van der Waals surface area contributed by atoms with Crippen LogP contribution < -0.4 is 15.4 Å². The van der Waals surface area contributed by atoms with E-state index >= 15 is 0 Å². The highest BCUT2D eigenvalue weighted by atomic mass is 35.5. The number of halogens is 6. The number of ether oxygens (including phenoxy) is 2. The number of hydrogen-bond acceptors (Lipinski definition) is 8. The Balaban J connectivity index is 0.996. The van der Waals surface area contributed by atoms with Crippen molar-refractivity contribution in [1.29, 1.82) is 0 Å². The predicted molar refractivity (Wildman–Crippen MR) is 228 cm³/mol. The third-order valence-electron chi connectivity index (χ3n) is 12.5. The van der Waals surface area contributed by atoms with E-state index in [-0.39, 0.29) is 52.0 Å². The molecule has 1 saturated carbocycles. The van der Waals surface area contributed by atoms with Crippen LogP contribution >= 0.6 is 34.8 Å². The molecule has 4 aliphatic rings. The number of nitrogens with one attached hydrogen (secondary N) is 3. The van der Waals surface area contributed by atoms with Crippen molar-refractivity contribution in [2.24, 2.45) is 11.8 Å². The Morgan fingerprint density at radius 1 is 0.984 bits per heavy atom. The van der Waals surface area contributed by atoms with Gasteiger partial charge in [0.2, 0.25) is 11.8 Å². The van der Waals surface area contributed by atoms with Crippen molar-refractivity contribution in [2.75, 3.05) is 58.2 Å². The first kappa shape index (κ1) is 45.6. The Hall–Kier alpha value is -4.45. The number of aromatic nitrogens is 2. The Morgan fingerprint density at radius 2 is 1.63 bits per heavy atom. The number of carbonyl (C=O) groups is 4. The Morgan fingerprint density at radius 3 is 2.23 bits per heavy atom. The summed E-state index contributed by atoms with van der Waals surface area (Å²) < 4.78 is 49.6. The van der Waals surface area contributed by atoms with Gasteiger partial charge >= 0.3 is 18.5 Å². The summed E-state index contributed by atoms with van der Waals surface area (Å²) in [6.07, 6.45) is -1.08. The van der Waals surface area contributed by atoms with E-state index in [0.29, 0.717) is 87.7 Å². The molecule has 4 heterocycles. The molecule has 3 saturated heterocycles. The number of amides is 5. The molecule has 1 aliphatic carbocycles. The molecule has 14 nitrogen and oxygen atoms in total.